The molecule has 0 aliphatic heterocycles. The van der Waals surface area contributed by atoms with E-state index in [1.54, 1.807) is 0 Å². The Bertz CT molecular complexity index is 5690. The van der Waals surface area contributed by atoms with Gasteiger partial charge in [-0.1, -0.05) is 413 Å². The van der Waals surface area contributed by atoms with E-state index in [0.717, 1.165) is 16.6 Å². The molecule has 0 unspecified atom stereocenters. The molecular formula is C103H80BrNW. The van der Waals surface area contributed by atoms with Crippen LogP contribution in [0.15, 0.2) is 429 Å². The van der Waals surface area contributed by atoms with E-state index in [4.69, 9.17) is 0 Å². The number of fused-ring (bicyclic) bond motifs is 2. The molecule has 1 aliphatic carbocycles. The fourth-order valence-corrected chi connectivity index (χ4v) is 14.6. The summed E-state index contributed by atoms with van der Waals surface area (Å²) in [6.07, 6.45) is 0.920. The molecule has 510 valence electrons. The number of nitrogens with zero attached hydrogens (tertiary/aromatic N) is 1. The van der Waals surface area contributed by atoms with Gasteiger partial charge in [-0.2, -0.15) is 0 Å². The van der Waals surface area contributed by atoms with Crippen molar-refractivity contribution in [2.24, 2.45) is 0 Å². The van der Waals surface area contributed by atoms with Crippen LogP contribution in [-0.4, -0.2) is 4.57 Å². The Labute approximate surface area is 648 Å². The average Bonchev–Trinajstić information content (AvgIpc) is 1.59. The minimum absolute atomic E-state index is 0. The summed E-state index contributed by atoms with van der Waals surface area (Å²) in [5, 5.41) is 1.22. The molecule has 0 saturated heterocycles. The number of hydrogen-bond acceptors (Lipinski definition) is 0. The second-order valence-electron chi connectivity index (χ2n) is 26.0. The zero-order valence-electron chi connectivity index (χ0n) is 57.4. The van der Waals surface area contributed by atoms with Gasteiger partial charge in [0.05, 0.1) is 11.2 Å². The van der Waals surface area contributed by atoms with Crippen LogP contribution >= 0.6 is 15.9 Å². The molecule has 1 aromatic heterocycles. The Morgan fingerprint density at radius 1 is 0.226 bits per heavy atom. The summed E-state index contributed by atoms with van der Waals surface area (Å²) in [5.41, 5.74) is 34.6. The van der Waals surface area contributed by atoms with Crippen LogP contribution in [0.3, 0.4) is 0 Å². The van der Waals surface area contributed by atoms with Crippen molar-refractivity contribution in [2.45, 2.75) is 21.3 Å². The first-order valence-electron chi connectivity index (χ1n) is 35.3. The maximum Gasteiger partial charge on any atom is 0.0619 e. The molecule has 1 aliphatic rings. The third-order valence-electron chi connectivity index (χ3n) is 19.6. The van der Waals surface area contributed by atoms with Crippen LogP contribution in [0.4, 0.5) is 0 Å². The standard InChI is InChI=1S/C50H35N.C45H32.C6H5Br.2CH4.W/c1-5-13-36(14-6-1)39-21-23-42(24-22-39)45-33-34-48-47(35-45)49(43-29-25-40(26-30-43)37-15-7-2-8-16-37)50(51(48)46-19-11-4-12-20-46)44-31-27-41(28-32-44)38-17-9-3-10-18-38;1-4-10-32(11-5-1)35-16-18-38(19-17-35)41-28-29-42-31-43(39-24-20-36(21-25-39)33-12-6-2-7-13-33)45(44(42)30-41)40-26-22-37(23-27-40)34-14-8-3-9-15-34;7-6-4-2-1-3-5-6;;;/h1-35H;1-30H,31H2;1-5H;2*1H4;. The number of allylic oxidation sites excluding steroid dienone is 1. The maximum atomic E-state index is 3.31. The van der Waals surface area contributed by atoms with Gasteiger partial charge in [0, 0.05) is 42.2 Å². The number of aromatic nitrogens is 1. The van der Waals surface area contributed by atoms with Gasteiger partial charge in [-0.05, 0) is 182 Å². The molecule has 0 saturated carbocycles. The molecule has 0 amide bonds. The molecule has 0 N–H and O–H groups in total. The molecule has 1 nitrogen and oxygen atoms in total. The monoisotopic (exact) mass is 1590 g/mol. The first kappa shape index (κ1) is 72.3. The molecule has 0 radical (unpaired) electrons. The summed E-state index contributed by atoms with van der Waals surface area (Å²) in [4.78, 5) is 0. The molecule has 16 aromatic carbocycles. The van der Waals surface area contributed by atoms with Gasteiger partial charge in [-0.3, -0.25) is 0 Å². The smallest absolute Gasteiger partial charge is 0.0619 e. The molecule has 3 heteroatoms. The Balaban J connectivity index is 0.000000168. The van der Waals surface area contributed by atoms with Crippen LogP contribution < -0.4 is 0 Å². The summed E-state index contributed by atoms with van der Waals surface area (Å²) in [6.45, 7) is 0. The molecule has 106 heavy (non-hydrogen) atoms. The molecule has 0 atom stereocenters. The number of rotatable bonds is 13. The number of hydrogen-bond donors (Lipinski definition) is 0. The minimum atomic E-state index is 0. The van der Waals surface area contributed by atoms with Crippen molar-refractivity contribution in [1.82, 2.24) is 4.57 Å². The molecule has 1 heterocycles. The van der Waals surface area contributed by atoms with E-state index < -0.39 is 0 Å². The van der Waals surface area contributed by atoms with Crippen LogP contribution in [0.1, 0.15) is 37.1 Å². The summed E-state index contributed by atoms with van der Waals surface area (Å²) in [7, 11) is 0. The van der Waals surface area contributed by atoms with Gasteiger partial charge in [-0.15, -0.1) is 0 Å². The third-order valence-corrected chi connectivity index (χ3v) is 20.1. The average molecular weight is 1600 g/mol. The SMILES string of the molecule is Brc1ccccc1.C.C.[W].c1ccc(-c2ccc(-c3ccc4c(c3)c(-c3ccc(-c5ccccc5)cc3)c(-c3ccc(-c5ccccc5)cc3)n4-c3ccccc3)cc2)cc1.c1ccc(-c2ccc(C3=C(c4ccc(-c5ccccc5)cc4)c4cc(-c5ccc(-c6ccccc6)cc5)ccc4C3)cc2)cc1. The van der Waals surface area contributed by atoms with Gasteiger partial charge in [0.15, 0.2) is 0 Å². The molecular weight excluding hydrogens is 1510 g/mol. The Morgan fingerprint density at radius 2 is 0.491 bits per heavy atom. The summed E-state index contributed by atoms with van der Waals surface area (Å²) < 4.78 is 3.57. The second-order valence-corrected chi connectivity index (χ2v) is 26.9. The van der Waals surface area contributed by atoms with E-state index in [0.29, 0.717) is 0 Å². The van der Waals surface area contributed by atoms with Gasteiger partial charge in [0.25, 0.3) is 0 Å². The van der Waals surface area contributed by atoms with Crippen molar-refractivity contribution >= 4 is 38.0 Å². The third kappa shape index (κ3) is 16.0. The van der Waals surface area contributed by atoms with Crippen molar-refractivity contribution in [3.8, 4) is 117 Å². The summed E-state index contributed by atoms with van der Waals surface area (Å²) >= 11 is 3.31. The van der Waals surface area contributed by atoms with Gasteiger partial charge in [-0.25, -0.2) is 0 Å². The zero-order valence-corrected chi connectivity index (χ0v) is 61.9. The van der Waals surface area contributed by atoms with E-state index >= 15 is 0 Å². The van der Waals surface area contributed by atoms with E-state index in [2.05, 4.69) is 415 Å². The van der Waals surface area contributed by atoms with Crippen molar-refractivity contribution in [3.63, 3.8) is 0 Å². The van der Waals surface area contributed by atoms with Crippen molar-refractivity contribution in [3.05, 3.63) is 451 Å². The van der Waals surface area contributed by atoms with Gasteiger partial charge in [0.2, 0.25) is 0 Å². The van der Waals surface area contributed by atoms with E-state index in [-0.39, 0.29) is 35.9 Å². The van der Waals surface area contributed by atoms with Crippen LogP contribution in [0, 0.1) is 0 Å². The van der Waals surface area contributed by atoms with Crippen molar-refractivity contribution in [2.75, 3.05) is 0 Å². The normalized spacial score (nSPS) is 11.1. The zero-order chi connectivity index (χ0) is 69.1. The van der Waals surface area contributed by atoms with Crippen LogP contribution in [0.5, 0.6) is 0 Å². The van der Waals surface area contributed by atoms with Crippen molar-refractivity contribution < 1.29 is 21.1 Å². The second kappa shape index (κ2) is 34.0. The van der Waals surface area contributed by atoms with E-state index in [9.17, 15) is 0 Å². The fourth-order valence-electron chi connectivity index (χ4n) is 14.3. The van der Waals surface area contributed by atoms with Crippen LogP contribution in [0.25, 0.3) is 139 Å². The van der Waals surface area contributed by atoms with Gasteiger partial charge in [0.1, 0.15) is 0 Å². The Morgan fingerprint density at radius 3 is 0.840 bits per heavy atom. The first-order chi connectivity index (χ1) is 51.0. The molecule has 17 aromatic rings. The quantitative estimate of drug-likeness (QED) is 0.108. The first-order valence-corrected chi connectivity index (χ1v) is 36.0. The van der Waals surface area contributed by atoms with Crippen LogP contribution in [0.2, 0.25) is 0 Å². The molecule has 0 spiro atoms. The molecule has 18 rings (SSSR count). The topological polar surface area (TPSA) is 4.93 Å². The number of para-hydroxylation sites is 1. The predicted molar refractivity (Wildman–Crippen MR) is 454 cm³/mol. The number of benzene rings is 16. The van der Waals surface area contributed by atoms with Gasteiger partial charge < -0.3 is 4.57 Å². The minimum Gasteiger partial charge on any atom is -0.309 e. The summed E-state index contributed by atoms with van der Waals surface area (Å²) in [5.74, 6) is 0. The van der Waals surface area contributed by atoms with E-state index in [1.807, 2.05) is 30.3 Å². The fraction of sp³-hybridized carbons (Fsp3) is 0.0291. The predicted octanol–water partition coefficient (Wildman–Crippen LogP) is 29.2. The van der Waals surface area contributed by atoms with Crippen molar-refractivity contribution in [1.29, 1.82) is 0 Å². The van der Waals surface area contributed by atoms with Crippen LogP contribution in [-0.2, 0) is 27.5 Å². The maximum absolute atomic E-state index is 3.31. The Hall–Kier alpha value is -12.0. The summed E-state index contributed by atoms with van der Waals surface area (Å²) in [6, 6.07) is 153. The largest absolute Gasteiger partial charge is 0.309 e. The number of halogens is 1. The van der Waals surface area contributed by atoms with Gasteiger partial charge >= 0.3 is 0 Å². The van der Waals surface area contributed by atoms with E-state index in [1.165, 1.54) is 156 Å². The Kier molecular flexibility index (Phi) is 23.2. The molecule has 0 bridgehead atoms. The molecule has 0 fully saturated rings.